The van der Waals surface area contributed by atoms with Gasteiger partial charge < -0.3 is 4.74 Å². The van der Waals surface area contributed by atoms with Gasteiger partial charge in [0.15, 0.2) is 0 Å². The van der Waals surface area contributed by atoms with Crippen LogP contribution >= 0.6 is 0 Å². The number of hydrazone groups is 2. The summed E-state index contributed by atoms with van der Waals surface area (Å²) in [4.78, 5) is 23.4. The third-order valence-electron chi connectivity index (χ3n) is 3.75. The molecule has 0 fully saturated rings. The molecule has 0 spiro atoms. The quantitative estimate of drug-likeness (QED) is 0.590. The standard InChI is InChI=1S/C17H22N4O3/c1-4-24-14-7-5-13(6-8-14)11(2)18-20-16(22)10-9-15-12(3)19-21-17(15)23/h5-8,15H,4,9-10H2,1-3H3,(H,20,22)(H,21,23)/b18-11+. The minimum absolute atomic E-state index is 0.158. The van der Waals surface area contributed by atoms with Gasteiger partial charge in [-0.1, -0.05) is 0 Å². The Bertz CT molecular complexity index is 665. The lowest BCUT2D eigenvalue weighted by Crippen LogP contribution is -2.25. The van der Waals surface area contributed by atoms with Crippen LogP contribution in [0.1, 0.15) is 39.2 Å². The number of rotatable bonds is 7. The molecule has 1 atom stereocenters. The van der Waals surface area contributed by atoms with Crippen molar-refractivity contribution in [2.45, 2.75) is 33.6 Å². The van der Waals surface area contributed by atoms with Crippen molar-refractivity contribution in [2.75, 3.05) is 6.61 Å². The molecule has 0 saturated carbocycles. The maximum atomic E-state index is 11.9. The van der Waals surface area contributed by atoms with Crippen LogP contribution in [0.4, 0.5) is 0 Å². The van der Waals surface area contributed by atoms with Crippen molar-refractivity contribution >= 4 is 23.2 Å². The Morgan fingerprint density at radius 3 is 2.67 bits per heavy atom. The van der Waals surface area contributed by atoms with Crippen LogP contribution in [0, 0.1) is 5.92 Å². The van der Waals surface area contributed by atoms with Gasteiger partial charge in [0.2, 0.25) is 11.8 Å². The predicted octanol–water partition coefficient (Wildman–Crippen LogP) is 1.83. The topological polar surface area (TPSA) is 92.1 Å². The smallest absolute Gasteiger partial charge is 0.248 e. The van der Waals surface area contributed by atoms with Crippen molar-refractivity contribution < 1.29 is 14.3 Å². The highest BCUT2D eigenvalue weighted by Crippen LogP contribution is 2.14. The number of hydrogen-bond donors (Lipinski definition) is 2. The minimum Gasteiger partial charge on any atom is -0.494 e. The van der Waals surface area contributed by atoms with Gasteiger partial charge in [0.05, 0.1) is 18.2 Å². The number of hydrogen-bond acceptors (Lipinski definition) is 5. The molecule has 1 aromatic carbocycles. The fourth-order valence-electron chi connectivity index (χ4n) is 2.33. The van der Waals surface area contributed by atoms with Crippen LogP contribution in [0.2, 0.25) is 0 Å². The first-order chi connectivity index (χ1) is 11.5. The van der Waals surface area contributed by atoms with Crippen LogP contribution in [0.5, 0.6) is 5.75 Å². The second-order valence-electron chi connectivity index (χ2n) is 5.51. The number of nitrogens with one attached hydrogen (secondary N) is 2. The molecule has 0 radical (unpaired) electrons. The van der Waals surface area contributed by atoms with Crippen LogP contribution in [-0.4, -0.2) is 29.8 Å². The Morgan fingerprint density at radius 2 is 2.08 bits per heavy atom. The summed E-state index contributed by atoms with van der Waals surface area (Å²) >= 11 is 0. The number of ether oxygens (including phenoxy) is 1. The molecule has 7 heteroatoms. The Labute approximate surface area is 141 Å². The Kier molecular flexibility index (Phi) is 6.06. The average Bonchev–Trinajstić information content (AvgIpc) is 2.90. The van der Waals surface area contributed by atoms with E-state index >= 15 is 0 Å². The molecule has 1 aromatic rings. The second kappa shape index (κ2) is 8.24. The molecule has 0 bridgehead atoms. The SMILES string of the molecule is CCOc1ccc(/C(C)=N/NC(=O)CCC2C(=O)NN=C2C)cc1. The van der Waals surface area contributed by atoms with Crippen LogP contribution in [0.25, 0.3) is 0 Å². The van der Waals surface area contributed by atoms with Gasteiger partial charge in [-0.25, -0.2) is 10.9 Å². The minimum atomic E-state index is -0.327. The molecule has 1 heterocycles. The molecule has 1 unspecified atom stereocenters. The summed E-state index contributed by atoms with van der Waals surface area (Å²) in [5.74, 6) is 0.0825. The lowest BCUT2D eigenvalue weighted by atomic mass is 9.99. The molecule has 1 aliphatic rings. The maximum Gasteiger partial charge on any atom is 0.248 e. The van der Waals surface area contributed by atoms with E-state index in [0.29, 0.717) is 24.5 Å². The van der Waals surface area contributed by atoms with Gasteiger partial charge in [-0.15, -0.1) is 0 Å². The highest BCUT2D eigenvalue weighted by Gasteiger charge is 2.26. The van der Waals surface area contributed by atoms with Gasteiger partial charge in [-0.2, -0.15) is 10.2 Å². The van der Waals surface area contributed by atoms with Crippen molar-refractivity contribution in [3.8, 4) is 5.75 Å². The van der Waals surface area contributed by atoms with Crippen molar-refractivity contribution in [1.29, 1.82) is 0 Å². The Morgan fingerprint density at radius 1 is 1.38 bits per heavy atom. The van der Waals surface area contributed by atoms with Crippen molar-refractivity contribution in [3.05, 3.63) is 29.8 Å². The zero-order chi connectivity index (χ0) is 17.5. The number of amides is 2. The molecular formula is C17H22N4O3. The van der Waals surface area contributed by atoms with Gasteiger partial charge >= 0.3 is 0 Å². The molecule has 24 heavy (non-hydrogen) atoms. The van der Waals surface area contributed by atoms with Crippen molar-refractivity contribution in [3.63, 3.8) is 0 Å². The summed E-state index contributed by atoms with van der Waals surface area (Å²) in [6.45, 7) is 6.14. The van der Waals surface area contributed by atoms with E-state index in [9.17, 15) is 9.59 Å². The molecule has 7 nitrogen and oxygen atoms in total. The third-order valence-corrected chi connectivity index (χ3v) is 3.75. The first kappa shape index (κ1) is 17.7. The van der Waals surface area contributed by atoms with Crippen LogP contribution in [0.3, 0.4) is 0 Å². The maximum absolute atomic E-state index is 11.9. The van der Waals surface area contributed by atoms with Crippen LogP contribution in [-0.2, 0) is 9.59 Å². The number of benzene rings is 1. The normalized spacial score (nSPS) is 17.3. The third kappa shape index (κ3) is 4.65. The van der Waals surface area contributed by atoms with Gasteiger partial charge in [0, 0.05) is 12.1 Å². The first-order valence-corrected chi connectivity index (χ1v) is 7.91. The predicted molar refractivity (Wildman–Crippen MR) is 91.9 cm³/mol. The van der Waals surface area contributed by atoms with Gasteiger partial charge in [-0.05, 0) is 57.0 Å². The molecule has 0 aromatic heterocycles. The van der Waals surface area contributed by atoms with Crippen LogP contribution < -0.4 is 15.6 Å². The molecule has 0 aliphatic carbocycles. The van der Waals surface area contributed by atoms with E-state index in [1.807, 2.05) is 38.1 Å². The molecule has 0 saturated heterocycles. The Balaban J connectivity index is 1.84. The molecular weight excluding hydrogens is 308 g/mol. The van der Waals surface area contributed by atoms with E-state index < -0.39 is 0 Å². The molecule has 128 valence electrons. The monoisotopic (exact) mass is 330 g/mol. The molecule has 2 N–H and O–H groups in total. The first-order valence-electron chi connectivity index (χ1n) is 7.91. The highest BCUT2D eigenvalue weighted by atomic mass is 16.5. The van der Waals surface area contributed by atoms with E-state index in [2.05, 4.69) is 21.1 Å². The summed E-state index contributed by atoms with van der Waals surface area (Å²) in [6.07, 6.45) is 0.635. The van der Waals surface area contributed by atoms with E-state index in [4.69, 9.17) is 4.74 Å². The summed E-state index contributed by atoms with van der Waals surface area (Å²) in [7, 11) is 0. The number of nitrogens with zero attached hydrogens (tertiary/aromatic N) is 2. The van der Waals surface area contributed by atoms with Gasteiger partial charge in [0.25, 0.3) is 0 Å². The number of carbonyl (C=O) groups is 2. The van der Waals surface area contributed by atoms with E-state index in [1.54, 1.807) is 6.92 Å². The van der Waals surface area contributed by atoms with Crippen molar-refractivity contribution in [1.82, 2.24) is 10.9 Å². The van der Waals surface area contributed by atoms with Crippen LogP contribution in [0.15, 0.2) is 34.5 Å². The fraction of sp³-hybridized carbons (Fsp3) is 0.412. The summed E-state index contributed by atoms with van der Waals surface area (Å²) in [6, 6.07) is 7.50. The Hall–Kier alpha value is -2.70. The highest BCUT2D eigenvalue weighted by molar-refractivity contribution is 6.07. The fourth-order valence-corrected chi connectivity index (χ4v) is 2.33. The van der Waals surface area contributed by atoms with Crippen molar-refractivity contribution in [2.24, 2.45) is 16.1 Å². The molecule has 2 amide bonds. The lowest BCUT2D eigenvalue weighted by molar-refractivity contribution is -0.123. The summed E-state index contributed by atoms with van der Waals surface area (Å²) in [5, 5.41) is 7.96. The summed E-state index contributed by atoms with van der Waals surface area (Å²) in [5.41, 5.74) is 7.24. The van der Waals surface area contributed by atoms with E-state index in [0.717, 1.165) is 11.3 Å². The number of carbonyl (C=O) groups excluding carboxylic acids is 2. The van der Waals surface area contributed by atoms with Gasteiger partial charge in [-0.3, -0.25) is 9.59 Å². The van der Waals surface area contributed by atoms with E-state index in [-0.39, 0.29) is 24.2 Å². The second-order valence-corrected chi connectivity index (χ2v) is 5.51. The lowest BCUT2D eigenvalue weighted by Gasteiger charge is -2.07. The molecule has 1 aliphatic heterocycles. The van der Waals surface area contributed by atoms with E-state index in [1.165, 1.54) is 0 Å². The average molecular weight is 330 g/mol. The summed E-state index contributed by atoms with van der Waals surface area (Å²) < 4.78 is 5.38. The zero-order valence-electron chi connectivity index (χ0n) is 14.1. The zero-order valence-corrected chi connectivity index (χ0v) is 14.1. The van der Waals surface area contributed by atoms with Gasteiger partial charge in [0.1, 0.15) is 5.75 Å². The molecule has 2 rings (SSSR count). The largest absolute Gasteiger partial charge is 0.494 e.